The molecule has 2 heterocycles. The fourth-order valence-electron chi connectivity index (χ4n) is 2.78. The molecule has 0 saturated carbocycles. The molecule has 1 aliphatic rings. The van der Waals surface area contributed by atoms with Crippen molar-refractivity contribution in [1.82, 2.24) is 14.8 Å². The molecule has 2 aromatic heterocycles. The monoisotopic (exact) mass is 231 g/mol. The van der Waals surface area contributed by atoms with Crippen LogP contribution in [0.2, 0.25) is 0 Å². The largest absolute Gasteiger partial charge is 0.388 e. The van der Waals surface area contributed by atoms with E-state index in [9.17, 15) is 5.11 Å². The first-order valence-corrected chi connectivity index (χ1v) is 6.08. The van der Waals surface area contributed by atoms with E-state index >= 15 is 0 Å². The van der Waals surface area contributed by atoms with Gasteiger partial charge in [0, 0.05) is 17.5 Å². The zero-order valence-electron chi connectivity index (χ0n) is 10.2. The number of rotatable bonds is 1. The molecule has 0 amide bonds. The highest BCUT2D eigenvalue weighted by Crippen LogP contribution is 2.32. The Hall–Kier alpha value is -1.55. The lowest BCUT2D eigenvalue weighted by Gasteiger charge is -2.20. The van der Waals surface area contributed by atoms with Gasteiger partial charge in [-0.2, -0.15) is 5.10 Å². The van der Waals surface area contributed by atoms with E-state index in [1.165, 1.54) is 5.69 Å². The van der Waals surface area contributed by atoms with Gasteiger partial charge < -0.3 is 9.67 Å². The summed E-state index contributed by atoms with van der Waals surface area (Å²) in [6.45, 7) is 4.03. The second-order valence-corrected chi connectivity index (χ2v) is 4.78. The van der Waals surface area contributed by atoms with Gasteiger partial charge in [0.05, 0.1) is 23.2 Å². The third kappa shape index (κ3) is 1.52. The molecule has 0 aliphatic heterocycles. The van der Waals surface area contributed by atoms with Crippen molar-refractivity contribution in [2.24, 2.45) is 0 Å². The predicted molar refractivity (Wildman–Crippen MR) is 65.3 cm³/mol. The Morgan fingerprint density at radius 3 is 3.00 bits per heavy atom. The number of hydrogen-bond donors (Lipinski definition) is 2. The predicted octanol–water partition coefficient (Wildman–Crippen LogP) is 2.19. The average Bonchev–Trinajstić information content (AvgIpc) is 2.84. The quantitative estimate of drug-likeness (QED) is 0.790. The van der Waals surface area contributed by atoms with Gasteiger partial charge in [-0.25, -0.2) is 0 Å². The van der Waals surface area contributed by atoms with E-state index in [2.05, 4.69) is 14.8 Å². The van der Waals surface area contributed by atoms with Crippen LogP contribution in [0.15, 0.2) is 12.3 Å². The van der Waals surface area contributed by atoms with Crippen molar-refractivity contribution in [3.05, 3.63) is 34.9 Å². The maximum absolute atomic E-state index is 9.97. The molecule has 2 N–H and O–H groups in total. The number of aliphatic hydroxyl groups excluding tert-OH is 1. The van der Waals surface area contributed by atoms with Gasteiger partial charge in [0.2, 0.25) is 0 Å². The number of aliphatic hydroxyl groups is 1. The first-order valence-electron chi connectivity index (χ1n) is 6.08. The molecule has 0 bridgehead atoms. The summed E-state index contributed by atoms with van der Waals surface area (Å²) in [5, 5.41) is 17.2. The zero-order chi connectivity index (χ0) is 12.0. The Morgan fingerprint density at radius 1 is 1.47 bits per heavy atom. The molecule has 90 valence electrons. The standard InChI is InChI=1S/C13H17N3O/c1-8-13(9(2)15-14-8)16-7-6-10-11(16)4-3-5-12(10)17/h6-7,12,17H,3-5H2,1-2H3,(H,14,15). The van der Waals surface area contributed by atoms with Crippen LogP contribution in [0.1, 0.15) is 41.6 Å². The second-order valence-electron chi connectivity index (χ2n) is 4.78. The summed E-state index contributed by atoms with van der Waals surface area (Å²) < 4.78 is 2.17. The van der Waals surface area contributed by atoms with Crippen LogP contribution in [0.25, 0.3) is 5.69 Å². The minimum absolute atomic E-state index is 0.299. The molecule has 0 spiro atoms. The van der Waals surface area contributed by atoms with Gasteiger partial charge in [-0.3, -0.25) is 5.10 Å². The molecule has 17 heavy (non-hydrogen) atoms. The lowest BCUT2D eigenvalue weighted by atomic mass is 9.95. The fraction of sp³-hybridized carbons (Fsp3) is 0.462. The molecular weight excluding hydrogens is 214 g/mol. The summed E-state index contributed by atoms with van der Waals surface area (Å²) in [6.07, 6.45) is 4.70. The SMILES string of the molecule is Cc1n[nH]c(C)c1-n1ccc2c1CCCC2O. The van der Waals surface area contributed by atoms with Gasteiger partial charge >= 0.3 is 0 Å². The highest BCUT2D eigenvalue weighted by molar-refractivity contribution is 5.45. The molecule has 1 atom stereocenters. The number of aryl methyl sites for hydroxylation is 2. The van der Waals surface area contributed by atoms with Gasteiger partial charge in [0.15, 0.2) is 0 Å². The van der Waals surface area contributed by atoms with Gasteiger partial charge in [0.1, 0.15) is 0 Å². The Labute approximate surface area is 100 Å². The van der Waals surface area contributed by atoms with Crippen LogP contribution < -0.4 is 0 Å². The van der Waals surface area contributed by atoms with Crippen LogP contribution in [-0.4, -0.2) is 19.9 Å². The van der Waals surface area contributed by atoms with Crippen LogP contribution in [-0.2, 0) is 6.42 Å². The molecule has 0 aromatic carbocycles. The van der Waals surface area contributed by atoms with E-state index in [4.69, 9.17) is 0 Å². The second kappa shape index (κ2) is 3.74. The number of nitrogens with one attached hydrogen (secondary N) is 1. The number of H-pyrrole nitrogens is 1. The van der Waals surface area contributed by atoms with E-state index in [1.54, 1.807) is 0 Å². The average molecular weight is 231 g/mol. The topological polar surface area (TPSA) is 53.8 Å². The molecule has 0 radical (unpaired) electrons. The van der Waals surface area contributed by atoms with Crippen molar-refractivity contribution in [3.63, 3.8) is 0 Å². The van der Waals surface area contributed by atoms with Crippen LogP contribution >= 0.6 is 0 Å². The summed E-state index contributed by atoms with van der Waals surface area (Å²) >= 11 is 0. The summed E-state index contributed by atoms with van der Waals surface area (Å²) in [4.78, 5) is 0. The highest BCUT2D eigenvalue weighted by atomic mass is 16.3. The maximum atomic E-state index is 9.97. The van der Waals surface area contributed by atoms with E-state index in [0.29, 0.717) is 0 Å². The van der Waals surface area contributed by atoms with E-state index < -0.39 is 0 Å². The first kappa shape index (κ1) is 10.6. The first-order chi connectivity index (χ1) is 8.18. The number of nitrogens with zero attached hydrogens (tertiary/aromatic N) is 2. The molecular formula is C13H17N3O. The third-order valence-electron chi connectivity index (χ3n) is 3.61. The van der Waals surface area contributed by atoms with Crippen molar-refractivity contribution in [1.29, 1.82) is 0 Å². The fourth-order valence-corrected chi connectivity index (χ4v) is 2.78. The van der Waals surface area contributed by atoms with Crippen molar-refractivity contribution in [2.45, 2.75) is 39.2 Å². The lowest BCUT2D eigenvalue weighted by molar-refractivity contribution is 0.156. The van der Waals surface area contributed by atoms with Crippen LogP contribution in [0.5, 0.6) is 0 Å². The van der Waals surface area contributed by atoms with E-state index in [0.717, 1.165) is 41.9 Å². The Kier molecular flexibility index (Phi) is 2.33. The lowest BCUT2D eigenvalue weighted by Crippen LogP contribution is -2.11. The summed E-state index contributed by atoms with van der Waals surface area (Å²) in [5.74, 6) is 0. The van der Waals surface area contributed by atoms with Gasteiger partial charge in [-0.1, -0.05) is 0 Å². The minimum atomic E-state index is -0.299. The third-order valence-corrected chi connectivity index (χ3v) is 3.61. The number of fused-ring (bicyclic) bond motifs is 1. The zero-order valence-corrected chi connectivity index (χ0v) is 10.2. The minimum Gasteiger partial charge on any atom is -0.388 e. The van der Waals surface area contributed by atoms with Crippen molar-refractivity contribution in [2.75, 3.05) is 0 Å². The molecule has 4 nitrogen and oxygen atoms in total. The van der Waals surface area contributed by atoms with Crippen LogP contribution in [0.4, 0.5) is 0 Å². The number of aromatic amines is 1. The number of aromatic nitrogens is 3. The van der Waals surface area contributed by atoms with E-state index in [-0.39, 0.29) is 6.10 Å². The summed E-state index contributed by atoms with van der Waals surface area (Å²) in [5.41, 5.74) is 5.51. The molecule has 3 rings (SSSR count). The van der Waals surface area contributed by atoms with Crippen LogP contribution in [0.3, 0.4) is 0 Å². The molecule has 4 heteroatoms. The molecule has 1 aliphatic carbocycles. The Morgan fingerprint density at radius 2 is 2.29 bits per heavy atom. The van der Waals surface area contributed by atoms with Crippen molar-refractivity contribution >= 4 is 0 Å². The Balaban J connectivity index is 2.17. The van der Waals surface area contributed by atoms with Gasteiger partial charge in [-0.05, 0) is 39.2 Å². The highest BCUT2D eigenvalue weighted by Gasteiger charge is 2.23. The summed E-state index contributed by atoms with van der Waals surface area (Å²) in [6, 6.07) is 2.03. The molecule has 1 unspecified atom stereocenters. The number of hydrogen-bond acceptors (Lipinski definition) is 2. The van der Waals surface area contributed by atoms with E-state index in [1.807, 2.05) is 26.1 Å². The van der Waals surface area contributed by atoms with Gasteiger partial charge in [0.25, 0.3) is 0 Å². The van der Waals surface area contributed by atoms with Crippen LogP contribution in [0, 0.1) is 13.8 Å². The Bertz CT molecular complexity index is 534. The summed E-state index contributed by atoms with van der Waals surface area (Å²) in [7, 11) is 0. The molecule has 0 saturated heterocycles. The van der Waals surface area contributed by atoms with Crippen molar-refractivity contribution in [3.8, 4) is 5.69 Å². The molecule has 0 fully saturated rings. The van der Waals surface area contributed by atoms with Crippen molar-refractivity contribution < 1.29 is 5.11 Å². The maximum Gasteiger partial charge on any atom is 0.0892 e. The van der Waals surface area contributed by atoms with Gasteiger partial charge in [-0.15, -0.1) is 0 Å². The smallest absolute Gasteiger partial charge is 0.0892 e. The molecule has 2 aromatic rings. The normalized spacial score (nSPS) is 19.4.